The summed E-state index contributed by atoms with van der Waals surface area (Å²) >= 11 is 0. The van der Waals surface area contributed by atoms with Crippen LogP contribution in [0.5, 0.6) is 0 Å². The number of H-pyrrole nitrogens is 1. The molecule has 0 bridgehead atoms. The number of hydrogen-bond acceptors (Lipinski definition) is 0. The lowest BCUT2D eigenvalue weighted by Gasteiger charge is -2.10. The average molecular weight is 245 g/mol. The van der Waals surface area contributed by atoms with Gasteiger partial charge in [0.15, 0.2) is 0 Å². The zero-order valence-corrected chi connectivity index (χ0v) is 10.7. The van der Waals surface area contributed by atoms with Crippen LogP contribution in [0.25, 0.3) is 10.9 Å². The first-order valence-electron chi connectivity index (χ1n) is 7.09. The van der Waals surface area contributed by atoms with E-state index in [0.717, 1.165) is 5.92 Å². The molecule has 0 radical (unpaired) electrons. The minimum Gasteiger partial charge on any atom is -0.358 e. The van der Waals surface area contributed by atoms with Gasteiger partial charge in [-0.05, 0) is 41.5 Å². The summed E-state index contributed by atoms with van der Waals surface area (Å²) in [5, 5.41) is 1.43. The SMILES string of the molecule is c1ccc2c(c1)C[C@H]1Cc3c([nH]c4ccccc34)[C@@H]21. The van der Waals surface area contributed by atoms with Crippen LogP contribution >= 0.6 is 0 Å². The molecule has 19 heavy (non-hydrogen) atoms. The van der Waals surface area contributed by atoms with Crippen LogP contribution in [0.3, 0.4) is 0 Å². The third-order valence-electron chi connectivity index (χ3n) is 4.97. The zero-order valence-electron chi connectivity index (χ0n) is 10.7. The average Bonchev–Trinajstić information content (AvgIpc) is 3.05. The Morgan fingerprint density at radius 2 is 1.74 bits per heavy atom. The zero-order chi connectivity index (χ0) is 12.4. The van der Waals surface area contributed by atoms with E-state index < -0.39 is 0 Å². The first-order valence-corrected chi connectivity index (χ1v) is 7.09. The Morgan fingerprint density at radius 3 is 2.74 bits per heavy atom. The van der Waals surface area contributed by atoms with E-state index in [4.69, 9.17) is 0 Å². The van der Waals surface area contributed by atoms with Gasteiger partial charge < -0.3 is 4.98 Å². The minimum absolute atomic E-state index is 0.610. The summed E-state index contributed by atoms with van der Waals surface area (Å²) in [6, 6.07) is 17.7. The van der Waals surface area contributed by atoms with Crippen molar-refractivity contribution in [2.45, 2.75) is 18.8 Å². The van der Waals surface area contributed by atoms with Gasteiger partial charge in [0, 0.05) is 22.5 Å². The maximum Gasteiger partial charge on any atom is 0.0459 e. The van der Waals surface area contributed by atoms with E-state index in [1.54, 1.807) is 16.7 Å². The van der Waals surface area contributed by atoms with E-state index in [-0.39, 0.29) is 0 Å². The fourth-order valence-electron chi connectivity index (χ4n) is 4.23. The molecule has 5 rings (SSSR count). The van der Waals surface area contributed by atoms with Crippen LogP contribution in [0.2, 0.25) is 0 Å². The van der Waals surface area contributed by atoms with E-state index in [0.29, 0.717) is 5.92 Å². The Labute approximate surface area is 112 Å². The fourth-order valence-corrected chi connectivity index (χ4v) is 4.23. The lowest BCUT2D eigenvalue weighted by atomic mass is 9.95. The van der Waals surface area contributed by atoms with Gasteiger partial charge in [-0.3, -0.25) is 0 Å². The topological polar surface area (TPSA) is 15.8 Å². The maximum atomic E-state index is 3.69. The van der Waals surface area contributed by atoms with Gasteiger partial charge in [-0.1, -0.05) is 42.5 Å². The van der Waals surface area contributed by atoms with Crippen molar-refractivity contribution in [2.24, 2.45) is 5.92 Å². The highest BCUT2D eigenvalue weighted by atomic mass is 14.8. The lowest BCUT2D eigenvalue weighted by molar-refractivity contribution is 0.542. The number of aromatic amines is 1. The first-order chi connectivity index (χ1) is 9.42. The van der Waals surface area contributed by atoms with E-state index in [1.165, 1.54) is 29.4 Å². The molecular formula is C18H15N. The molecule has 0 amide bonds. The van der Waals surface area contributed by atoms with Crippen molar-refractivity contribution in [3.63, 3.8) is 0 Å². The predicted molar refractivity (Wildman–Crippen MR) is 77.5 cm³/mol. The third kappa shape index (κ3) is 1.16. The Bertz CT molecular complexity index is 796. The van der Waals surface area contributed by atoms with Crippen LogP contribution < -0.4 is 0 Å². The summed E-state index contributed by atoms with van der Waals surface area (Å²) in [5.74, 6) is 1.39. The van der Waals surface area contributed by atoms with Crippen LogP contribution in [0.15, 0.2) is 48.5 Å². The van der Waals surface area contributed by atoms with Gasteiger partial charge in [0.2, 0.25) is 0 Å². The molecule has 3 aromatic rings. The number of nitrogens with one attached hydrogen (secondary N) is 1. The Kier molecular flexibility index (Phi) is 1.71. The first kappa shape index (κ1) is 9.85. The monoisotopic (exact) mass is 245 g/mol. The maximum absolute atomic E-state index is 3.69. The highest BCUT2D eigenvalue weighted by Crippen LogP contribution is 2.51. The van der Waals surface area contributed by atoms with Crippen LogP contribution in [0.4, 0.5) is 0 Å². The van der Waals surface area contributed by atoms with Crippen molar-refractivity contribution in [2.75, 3.05) is 0 Å². The molecule has 1 aromatic heterocycles. The van der Waals surface area contributed by atoms with E-state index in [2.05, 4.69) is 53.5 Å². The molecule has 1 N–H and O–H groups in total. The molecule has 0 unspecified atom stereocenters. The number of rotatable bonds is 0. The highest BCUT2D eigenvalue weighted by Gasteiger charge is 2.41. The predicted octanol–water partition coefficient (Wildman–Crippen LogP) is 4.03. The quantitative estimate of drug-likeness (QED) is 0.615. The van der Waals surface area contributed by atoms with Crippen LogP contribution in [0.1, 0.15) is 28.3 Å². The third-order valence-corrected chi connectivity index (χ3v) is 4.97. The smallest absolute Gasteiger partial charge is 0.0459 e. The largest absolute Gasteiger partial charge is 0.358 e. The number of fused-ring (bicyclic) bond motifs is 7. The Balaban J connectivity index is 1.78. The van der Waals surface area contributed by atoms with Crippen molar-refractivity contribution in [1.82, 2.24) is 4.98 Å². The molecule has 1 heteroatoms. The molecule has 0 aliphatic heterocycles. The summed E-state index contributed by atoms with van der Waals surface area (Å²) in [6.45, 7) is 0. The van der Waals surface area contributed by atoms with Gasteiger partial charge in [-0.25, -0.2) is 0 Å². The molecule has 2 aromatic carbocycles. The van der Waals surface area contributed by atoms with Gasteiger partial charge in [0.05, 0.1) is 0 Å². The molecule has 2 aliphatic rings. The lowest BCUT2D eigenvalue weighted by Crippen LogP contribution is -2.03. The number of hydrogen-bond donors (Lipinski definition) is 1. The molecule has 2 atom stereocenters. The van der Waals surface area contributed by atoms with Crippen molar-refractivity contribution >= 4 is 10.9 Å². The Morgan fingerprint density at radius 1 is 0.895 bits per heavy atom. The second-order valence-electron chi connectivity index (χ2n) is 5.91. The van der Waals surface area contributed by atoms with E-state index >= 15 is 0 Å². The van der Waals surface area contributed by atoms with E-state index in [1.807, 2.05) is 0 Å². The van der Waals surface area contributed by atoms with Gasteiger partial charge in [0.1, 0.15) is 0 Å². The van der Waals surface area contributed by atoms with E-state index in [9.17, 15) is 0 Å². The van der Waals surface area contributed by atoms with Gasteiger partial charge in [-0.15, -0.1) is 0 Å². The van der Waals surface area contributed by atoms with Gasteiger partial charge in [0.25, 0.3) is 0 Å². The van der Waals surface area contributed by atoms with Crippen molar-refractivity contribution in [3.8, 4) is 0 Å². The van der Waals surface area contributed by atoms with Crippen molar-refractivity contribution < 1.29 is 0 Å². The molecule has 0 spiro atoms. The van der Waals surface area contributed by atoms with Gasteiger partial charge in [-0.2, -0.15) is 0 Å². The fraction of sp³-hybridized carbons (Fsp3) is 0.222. The Hall–Kier alpha value is -2.02. The summed E-state index contributed by atoms with van der Waals surface area (Å²) in [6.07, 6.45) is 2.48. The van der Waals surface area contributed by atoms with Gasteiger partial charge >= 0.3 is 0 Å². The molecule has 2 aliphatic carbocycles. The van der Waals surface area contributed by atoms with Crippen molar-refractivity contribution in [1.29, 1.82) is 0 Å². The second kappa shape index (κ2) is 3.30. The van der Waals surface area contributed by atoms with Crippen molar-refractivity contribution in [3.05, 3.63) is 70.9 Å². The number of aromatic nitrogens is 1. The second-order valence-corrected chi connectivity index (χ2v) is 5.91. The summed E-state index contributed by atoms with van der Waals surface area (Å²) < 4.78 is 0. The standard InChI is InChI=1S/C18H15N/c1-2-6-13-11(5-1)9-12-10-15-14-7-3-4-8-16(14)19-18(15)17(12)13/h1-8,12,17,19H,9-10H2/t12-,17+/m0/s1. The normalized spacial score (nSPS) is 23.4. The van der Waals surface area contributed by atoms with Crippen LogP contribution in [-0.2, 0) is 12.8 Å². The molecule has 1 heterocycles. The molecule has 1 nitrogen and oxygen atoms in total. The highest BCUT2D eigenvalue weighted by molar-refractivity contribution is 5.86. The summed E-state index contributed by atoms with van der Waals surface area (Å²) in [7, 11) is 0. The molecule has 0 saturated heterocycles. The minimum atomic E-state index is 0.610. The number of para-hydroxylation sites is 1. The van der Waals surface area contributed by atoms with Crippen LogP contribution in [-0.4, -0.2) is 4.98 Å². The van der Waals surface area contributed by atoms with Crippen LogP contribution in [0, 0.1) is 5.92 Å². The molecular weight excluding hydrogens is 230 g/mol. The summed E-state index contributed by atoms with van der Waals surface area (Å²) in [5.41, 5.74) is 7.46. The summed E-state index contributed by atoms with van der Waals surface area (Å²) in [4.78, 5) is 3.69. The molecule has 92 valence electrons. The number of benzene rings is 2. The molecule has 0 fully saturated rings. The molecule has 0 saturated carbocycles.